The highest BCUT2D eigenvalue weighted by atomic mass is 16.6. The Balaban J connectivity index is 1.32. The Kier molecular flexibility index (Phi) is 5.24. The summed E-state index contributed by atoms with van der Waals surface area (Å²) in [6.45, 7) is 3.10. The molecule has 1 aromatic carbocycles. The molecule has 4 rings (SSSR count). The number of carbonyl (C=O) groups excluding carboxylic acids is 3. The summed E-state index contributed by atoms with van der Waals surface area (Å²) in [5.74, 6) is 0.686. The Morgan fingerprint density at radius 1 is 1.11 bits per heavy atom. The second-order valence-corrected chi connectivity index (χ2v) is 7.77. The lowest BCUT2D eigenvalue weighted by Gasteiger charge is -2.21. The van der Waals surface area contributed by atoms with Gasteiger partial charge in [-0.15, -0.1) is 0 Å². The molecule has 150 valence electrons. The first-order chi connectivity index (χ1) is 13.5. The Morgan fingerprint density at radius 3 is 2.43 bits per heavy atom. The summed E-state index contributed by atoms with van der Waals surface area (Å²) in [7, 11) is 0. The molecule has 28 heavy (non-hydrogen) atoms. The van der Waals surface area contributed by atoms with Crippen molar-refractivity contribution >= 4 is 17.7 Å². The van der Waals surface area contributed by atoms with E-state index >= 15 is 0 Å². The van der Waals surface area contributed by atoms with E-state index in [-0.39, 0.29) is 48.6 Å². The average molecular weight is 386 g/mol. The van der Waals surface area contributed by atoms with Crippen LogP contribution in [0.3, 0.4) is 0 Å². The van der Waals surface area contributed by atoms with Crippen molar-refractivity contribution in [1.82, 2.24) is 10.2 Å². The number of imide groups is 1. The second-order valence-electron chi connectivity index (χ2n) is 7.77. The second kappa shape index (κ2) is 7.81. The quantitative estimate of drug-likeness (QED) is 0.784. The molecule has 0 aromatic heterocycles. The van der Waals surface area contributed by atoms with Gasteiger partial charge in [0.05, 0.1) is 17.9 Å². The number of amides is 3. The Hall–Kier alpha value is -2.57. The van der Waals surface area contributed by atoms with Crippen LogP contribution in [-0.4, -0.2) is 42.4 Å². The molecule has 3 amide bonds. The van der Waals surface area contributed by atoms with Gasteiger partial charge in [-0.3, -0.25) is 19.3 Å². The number of benzene rings is 1. The minimum Gasteiger partial charge on any atom is -0.486 e. The van der Waals surface area contributed by atoms with Gasteiger partial charge < -0.3 is 14.8 Å². The highest BCUT2D eigenvalue weighted by molar-refractivity contribution is 6.05. The normalized spacial score (nSPS) is 24.7. The van der Waals surface area contributed by atoms with Gasteiger partial charge in [-0.1, -0.05) is 18.9 Å². The molecule has 7 nitrogen and oxygen atoms in total. The molecular formula is C21H26N2O5. The monoisotopic (exact) mass is 386 g/mol. The summed E-state index contributed by atoms with van der Waals surface area (Å²) in [4.78, 5) is 38.7. The fraction of sp³-hybridized carbons (Fsp3) is 0.571. The van der Waals surface area contributed by atoms with Crippen LogP contribution < -0.4 is 14.8 Å². The van der Waals surface area contributed by atoms with Crippen LogP contribution >= 0.6 is 0 Å². The van der Waals surface area contributed by atoms with Crippen LogP contribution in [0.5, 0.6) is 11.5 Å². The highest BCUT2D eigenvalue weighted by Crippen LogP contribution is 2.38. The highest BCUT2D eigenvalue weighted by Gasteiger charge is 2.47. The van der Waals surface area contributed by atoms with Gasteiger partial charge in [0, 0.05) is 13.0 Å². The van der Waals surface area contributed by atoms with Crippen LogP contribution in [0.4, 0.5) is 0 Å². The van der Waals surface area contributed by atoms with Crippen LogP contribution in [0, 0.1) is 11.8 Å². The van der Waals surface area contributed by atoms with Crippen molar-refractivity contribution in [2.24, 2.45) is 11.8 Å². The molecule has 1 saturated heterocycles. The zero-order valence-electron chi connectivity index (χ0n) is 16.1. The number of carbonyl (C=O) groups is 3. The number of likely N-dealkylation sites (tertiary alicyclic amines) is 1. The predicted molar refractivity (Wildman–Crippen MR) is 101 cm³/mol. The van der Waals surface area contributed by atoms with E-state index in [0.717, 1.165) is 31.2 Å². The number of nitrogens with zero attached hydrogens (tertiary/aromatic N) is 1. The molecule has 3 atom stereocenters. The van der Waals surface area contributed by atoms with Gasteiger partial charge in [-0.05, 0) is 37.5 Å². The largest absolute Gasteiger partial charge is 0.486 e. The Bertz CT molecular complexity index is 769. The van der Waals surface area contributed by atoms with Crippen molar-refractivity contribution < 1.29 is 23.9 Å². The first-order valence-electron chi connectivity index (χ1n) is 10.1. The molecule has 1 aliphatic carbocycles. The SMILES string of the molecule is C[C@H](NC(=O)CCN1C(=O)[C@H]2CCCC[C@@H]2C1=O)c1ccc2c(c1)OCCO2. The first-order valence-corrected chi connectivity index (χ1v) is 10.1. The summed E-state index contributed by atoms with van der Waals surface area (Å²) in [6, 6.07) is 5.40. The van der Waals surface area contributed by atoms with E-state index in [9.17, 15) is 14.4 Å². The Morgan fingerprint density at radius 2 is 1.75 bits per heavy atom. The average Bonchev–Trinajstić information content (AvgIpc) is 2.96. The minimum absolute atomic E-state index is 0.0950. The lowest BCUT2D eigenvalue weighted by Crippen LogP contribution is -2.36. The summed E-state index contributed by atoms with van der Waals surface area (Å²) >= 11 is 0. The summed E-state index contributed by atoms with van der Waals surface area (Å²) in [5, 5.41) is 2.93. The van der Waals surface area contributed by atoms with E-state index in [2.05, 4.69) is 5.32 Å². The molecule has 7 heteroatoms. The summed E-state index contributed by atoms with van der Waals surface area (Å²) in [6.07, 6.45) is 3.70. The van der Waals surface area contributed by atoms with Crippen LogP contribution in [0.25, 0.3) is 0 Å². The fourth-order valence-electron chi connectivity index (χ4n) is 4.39. The number of hydrogen-bond donors (Lipinski definition) is 1. The molecule has 1 N–H and O–H groups in total. The lowest BCUT2D eigenvalue weighted by molar-refractivity contribution is -0.140. The molecular weight excluding hydrogens is 360 g/mol. The van der Waals surface area contributed by atoms with Crippen LogP contribution in [-0.2, 0) is 14.4 Å². The zero-order chi connectivity index (χ0) is 19.7. The number of ether oxygens (including phenoxy) is 2. The van der Waals surface area contributed by atoms with E-state index in [0.29, 0.717) is 24.7 Å². The molecule has 0 unspecified atom stereocenters. The third-order valence-electron chi connectivity index (χ3n) is 5.94. The van der Waals surface area contributed by atoms with E-state index in [1.54, 1.807) is 0 Å². The van der Waals surface area contributed by atoms with Gasteiger partial charge in [0.2, 0.25) is 17.7 Å². The van der Waals surface area contributed by atoms with Gasteiger partial charge in [0.1, 0.15) is 13.2 Å². The van der Waals surface area contributed by atoms with Gasteiger partial charge in [0.25, 0.3) is 0 Å². The standard InChI is InChI=1S/C21H26N2O5/c1-13(14-6-7-17-18(12-14)28-11-10-27-17)22-19(24)8-9-23-20(25)15-4-2-3-5-16(15)21(23)26/h6-7,12-13,15-16H,2-5,8-11H2,1H3,(H,22,24)/t13-,15-,16-/m0/s1. The van der Waals surface area contributed by atoms with E-state index in [1.165, 1.54) is 4.90 Å². The maximum absolute atomic E-state index is 12.5. The number of nitrogens with one attached hydrogen (secondary N) is 1. The fourth-order valence-corrected chi connectivity index (χ4v) is 4.39. The van der Waals surface area contributed by atoms with Gasteiger partial charge in [-0.2, -0.15) is 0 Å². The molecule has 2 aliphatic heterocycles. The lowest BCUT2D eigenvalue weighted by atomic mass is 9.81. The third-order valence-corrected chi connectivity index (χ3v) is 5.94. The Labute approximate surface area is 164 Å². The minimum atomic E-state index is -0.212. The predicted octanol–water partition coefficient (Wildman–Crippen LogP) is 2.20. The first kappa shape index (κ1) is 18.8. The van der Waals surface area contributed by atoms with Crippen molar-refractivity contribution in [1.29, 1.82) is 0 Å². The molecule has 3 aliphatic rings. The smallest absolute Gasteiger partial charge is 0.233 e. The molecule has 2 heterocycles. The van der Waals surface area contributed by atoms with Crippen LogP contribution in [0.2, 0.25) is 0 Å². The van der Waals surface area contributed by atoms with Crippen molar-refractivity contribution in [3.8, 4) is 11.5 Å². The van der Waals surface area contributed by atoms with Crippen molar-refractivity contribution in [3.63, 3.8) is 0 Å². The topological polar surface area (TPSA) is 84.9 Å². The van der Waals surface area contributed by atoms with Crippen molar-refractivity contribution in [2.75, 3.05) is 19.8 Å². The van der Waals surface area contributed by atoms with E-state index in [1.807, 2.05) is 25.1 Å². The maximum Gasteiger partial charge on any atom is 0.233 e. The van der Waals surface area contributed by atoms with Crippen molar-refractivity contribution in [3.05, 3.63) is 23.8 Å². The van der Waals surface area contributed by atoms with Gasteiger partial charge in [-0.25, -0.2) is 0 Å². The van der Waals surface area contributed by atoms with Gasteiger partial charge >= 0.3 is 0 Å². The summed E-state index contributed by atoms with van der Waals surface area (Å²) in [5.41, 5.74) is 0.914. The number of rotatable bonds is 5. The van der Waals surface area contributed by atoms with E-state index in [4.69, 9.17) is 9.47 Å². The number of hydrogen-bond acceptors (Lipinski definition) is 5. The van der Waals surface area contributed by atoms with Crippen molar-refractivity contribution in [2.45, 2.75) is 45.1 Å². The molecule has 0 spiro atoms. The molecule has 0 bridgehead atoms. The van der Waals surface area contributed by atoms with Crippen LogP contribution in [0.1, 0.15) is 50.6 Å². The van der Waals surface area contributed by atoms with Gasteiger partial charge in [0.15, 0.2) is 11.5 Å². The van der Waals surface area contributed by atoms with E-state index < -0.39 is 0 Å². The van der Waals surface area contributed by atoms with Crippen LogP contribution in [0.15, 0.2) is 18.2 Å². The zero-order valence-corrected chi connectivity index (χ0v) is 16.1. The molecule has 1 saturated carbocycles. The maximum atomic E-state index is 12.5. The molecule has 2 fully saturated rings. The molecule has 0 radical (unpaired) electrons. The molecule has 1 aromatic rings. The third kappa shape index (κ3) is 3.57. The number of fused-ring (bicyclic) bond motifs is 2. The summed E-state index contributed by atoms with van der Waals surface area (Å²) < 4.78 is 11.1.